The average molecular weight is 260 g/mol. The van der Waals surface area contributed by atoms with Gasteiger partial charge >= 0.3 is 0 Å². The van der Waals surface area contributed by atoms with E-state index >= 15 is 0 Å². The van der Waals surface area contributed by atoms with Crippen LogP contribution in [0.25, 0.3) is 0 Å². The molecule has 1 aromatic carbocycles. The Morgan fingerprint density at radius 3 is 2.89 bits per heavy atom. The summed E-state index contributed by atoms with van der Waals surface area (Å²) >= 11 is 0. The molecule has 19 heavy (non-hydrogen) atoms. The highest BCUT2D eigenvalue weighted by atomic mass is 15.1. The summed E-state index contributed by atoms with van der Waals surface area (Å²) in [6, 6.07) is 8.97. The molecule has 0 unspecified atom stereocenters. The van der Waals surface area contributed by atoms with Crippen LogP contribution < -0.4 is 10.2 Å². The Hall–Kier alpha value is -1.02. The van der Waals surface area contributed by atoms with Gasteiger partial charge < -0.3 is 10.2 Å². The second-order valence-corrected chi connectivity index (χ2v) is 5.49. The molecule has 1 aliphatic rings. The van der Waals surface area contributed by atoms with E-state index in [1.807, 2.05) is 0 Å². The third-order valence-corrected chi connectivity index (χ3v) is 3.99. The first-order chi connectivity index (χ1) is 9.42. The minimum Gasteiger partial charge on any atom is -0.371 e. The quantitative estimate of drug-likeness (QED) is 0.753. The van der Waals surface area contributed by atoms with E-state index < -0.39 is 0 Å². The molecule has 0 atom stereocenters. The molecule has 2 rings (SSSR count). The molecule has 0 bridgehead atoms. The lowest BCUT2D eigenvalue weighted by atomic mass is 10.1. The van der Waals surface area contributed by atoms with Crippen molar-refractivity contribution >= 4 is 5.69 Å². The zero-order chi connectivity index (χ0) is 13.3. The summed E-state index contributed by atoms with van der Waals surface area (Å²) in [5.74, 6) is 0. The molecule has 0 amide bonds. The van der Waals surface area contributed by atoms with Crippen molar-refractivity contribution in [1.29, 1.82) is 0 Å². The highest BCUT2D eigenvalue weighted by Crippen LogP contribution is 2.26. The Kier molecular flexibility index (Phi) is 6.22. The maximum Gasteiger partial charge on any atom is 0.0398 e. The van der Waals surface area contributed by atoms with Crippen LogP contribution in [0.5, 0.6) is 0 Å². The first-order valence-corrected chi connectivity index (χ1v) is 7.95. The standard InChI is InChI=1S/C17H28N2/c1-2-18-13-7-3-8-14-19-15-9-6-11-16-10-4-5-12-17(16)19/h4-5,10,12,18H,2-3,6-9,11,13-15H2,1H3. The highest BCUT2D eigenvalue weighted by molar-refractivity contribution is 5.54. The van der Waals surface area contributed by atoms with Crippen molar-refractivity contribution < 1.29 is 0 Å². The van der Waals surface area contributed by atoms with Crippen LogP contribution in [0.2, 0.25) is 0 Å². The number of aryl methyl sites for hydroxylation is 1. The van der Waals surface area contributed by atoms with Gasteiger partial charge in [0, 0.05) is 18.8 Å². The van der Waals surface area contributed by atoms with Gasteiger partial charge in [0.05, 0.1) is 0 Å². The number of hydrogen-bond acceptors (Lipinski definition) is 2. The van der Waals surface area contributed by atoms with Gasteiger partial charge in [-0.1, -0.05) is 31.5 Å². The van der Waals surface area contributed by atoms with Gasteiger partial charge in [0.1, 0.15) is 0 Å². The summed E-state index contributed by atoms with van der Waals surface area (Å²) in [5.41, 5.74) is 3.04. The van der Waals surface area contributed by atoms with Gasteiger partial charge in [-0.2, -0.15) is 0 Å². The van der Waals surface area contributed by atoms with Crippen molar-refractivity contribution in [2.45, 2.75) is 45.4 Å². The van der Waals surface area contributed by atoms with Crippen molar-refractivity contribution in [3.8, 4) is 0 Å². The van der Waals surface area contributed by atoms with Crippen LogP contribution in [-0.4, -0.2) is 26.2 Å². The maximum absolute atomic E-state index is 3.40. The van der Waals surface area contributed by atoms with E-state index in [-0.39, 0.29) is 0 Å². The lowest BCUT2D eigenvalue weighted by Gasteiger charge is -2.25. The van der Waals surface area contributed by atoms with Crippen LogP contribution in [0, 0.1) is 0 Å². The molecule has 0 aliphatic carbocycles. The summed E-state index contributed by atoms with van der Waals surface area (Å²) in [4.78, 5) is 2.61. The minimum atomic E-state index is 1.10. The number of nitrogens with one attached hydrogen (secondary N) is 1. The van der Waals surface area contributed by atoms with E-state index in [4.69, 9.17) is 0 Å². The van der Waals surface area contributed by atoms with Gasteiger partial charge in [-0.3, -0.25) is 0 Å². The molecular formula is C17H28N2. The Labute approximate surface area is 118 Å². The van der Waals surface area contributed by atoms with Crippen molar-refractivity contribution in [2.24, 2.45) is 0 Å². The second-order valence-electron chi connectivity index (χ2n) is 5.49. The van der Waals surface area contributed by atoms with Crippen LogP contribution in [0.15, 0.2) is 24.3 Å². The summed E-state index contributed by atoms with van der Waals surface area (Å²) in [6.45, 7) is 6.91. The fourth-order valence-corrected chi connectivity index (χ4v) is 2.91. The molecule has 1 heterocycles. The topological polar surface area (TPSA) is 15.3 Å². The Morgan fingerprint density at radius 1 is 1.11 bits per heavy atom. The van der Waals surface area contributed by atoms with Crippen LogP contribution >= 0.6 is 0 Å². The van der Waals surface area contributed by atoms with Gasteiger partial charge in [-0.25, -0.2) is 0 Å². The molecule has 0 saturated heterocycles. The van der Waals surface area contributed by atoms with Crippen LogP contribution in [0.1, 0.15) is 44.6 Å². The lowest BCUT2D eigenvalue weighted by Crippen LogP contribution is -2.25. The van der Waals surface area contributed by atoms with Gasteiger partial charge in [0.15, 0.2) is 0 Å². The highest BCUT2D eigenvalue weighted by Gasteiger charge is 2.13. The van der Waals surface area contributed by atoms with Crippen LogP contribution in [-0.2, 0) is 6.42 Å². The molecule has 1 N–H and O–H groups in total. The number of anilines is 1. The zero-order valence-corrected chi connectivity index (χ0v) is 12.3. The number of hydrogen-bond donors (Lipinski definition) is 1. The predicted octanol–water partition coefficient (Wildman–Crippen LogP) is 3.61. The number of unbranched alkanes of at least 4 members (excludes halogenated alkanes) is 2. The third-order valence-electron chi connectivity index (χ3n) is 3.99. The van der Waals surface area contributed by atoms with Gasteiger partial charge in [-0.15, -0.1) is 0 Å². The third kappa shape index (κ3) is 4.54. The summed E-state index contributed by atoms with van der Waals surface area (Å²) in [7, 11) is 0. The fraction of sp³-hybridized carbons (Fsp3) is 0.647. The van der Waals surface area contributed by atoms with E-state index in [0.29, 0.717) is 0 Å². The number of rotatable bonds is 7. The number of benzene rings is 1. The molecule has 106 valence electrons. The molecule has 0 aromatic heterocycles. The van der Waals surface area contributed by atoms with Crippen LogP contribution in [0.3, 0.4) is 0 Å². The number of fused-ring (bicyclic) bond motifs is 1. The molecule has 1 aromatic rings. The predicted molar refractivity (Wildman–Crippen MR) is 84.0 cm³/mol. The Balaban J connectivity index is 1.79. The maximum atomic E-state index is 3.40. The van der Waals surface area contributed by atoms with E-state index in [0.717, 1.165) is 6.54 Å². The summed E-state index contributed by atoms with van der Waals surface area (Å²) < 4.78 is 0. The monoisotopic (exact) mass is 260 g/mol. The van der Waals surface area contributed by atoms with E-state index in [1.54, 1.807) is 5.56 Å². The Bertz CT molecular complexity index is 362. The molecule has 1 aliphatic heterocycles. The second kappa shape index (κ2) is 8.21. The molecule has 0 radical (unpaired) electrons. The van der Waals surface area contributed by atoms with Gasteiger partial charge in [-0.05, 0) is 56.8 Å². The summed E-state index contributed by atoms with van der Waals surface area (Å²) in [6.07, 6.45) is 7.90. The SMILES string of the molecule is CCNCCCCCN1CCCCc2ccccc21. The Morgan fingerprint density at radius 2 is 2.00 bits per heavy atom. The molecule has 0 fully saturated rings. The van der Waals surface area contributed by atoms with E-state index in [1.165, 1.54) is 63.8 Å². The van der Waals surface area contributed by atoms with Gasteiger partial charge in [0.25, 0.3) is 0 Å². The molecule has 2 nitrogen and oxygen atoms in total. The first-order valence-electron chi connectivity index (χ1n) is 7.95. The molecule has 2 heteroatoms. The number of nitrogens with zero attached hydrogens (tertiary/aromatic N) is 1. The fourth-order valence-electron chi connectivity index (χ4n) is 2.91. The largest absolute Gasteiger partial charge is 0.371 e. The normalized spacial score (nSPS) is 15.1. The van der Waals surface area contributed by atoms with Crippen molar-refractivity contribution in [1.82, 2.24) is 5.32 Å². The average Bonchev–Trinajstić information content (AvgIpc) is 2.65. The first kappa shape index (κ1) is 14.4. The molecular weight excluding hydrogens is 232 g/mol. The van der Waals surface area contributed by atoms with Crippen molar-refractivity contribution in [3.05, 3.63) is 29.8 Å². The number of para-hydroxylation sites is 1. The van der Waals surface area contributed by atoms with Crippen molar-refractivity contribution in [3.63, 3.8) is 0 Å². The van der Waals surface area contributed by atoms with Crippen molar-refractivity contribution in [2.75, 3.05) is 31.1 Å². The molecule has 0 spiro atoms. The minimum absolute atomic E-state index is 1.10. The smallest absolute Gasteiger partial charge is 0.0398 e. The van der Waals surface area contributed by atoms with Gasteiger partial charge in [0.2, 0.25) is 0 Å². The lowest BCUT2D eigenvalue weighted by molar-refractivity contribution is 0.603. The van der Waals surface area contributed by atoms with Crippen LogP contribution in [0.4, 0.5) is 5.69 Å². The summed E-state index contributed by atoms with van der Waals surface area (Å²) in [5, 5.41) is 3.40. The zero-order valence-electron chi connectivity index (χ0n) is 12.3. The van der Waals surface area contributed by atoms with E-state index in [2.05, 4.69) is 41.4 Å². The van der Waals surface area contributed by atoms with E-state index in [9.17, 15) is 0 Å². The molecule has 0 saturated carbocycles.